The van der Waals surface area contributed by atoms with Gasteiger partial charge in [0.25, 0.3) is 0 Å². The van der Waals surface area contributed by atoms with E-state index in [0.717, 1.165) is 33.2 Å². The average Bonchev–Trinajstić information content (AvgIpc) is 2.44. The lowest BCUT2D eigenvalue weighted by Gasteiger charge is -2.11. The summed E-state index contributed by atoms with van der Waals surface area (Å²) < 4.78 is 5.24. The molecule has 0 radical (unpaired) electrons. The molecule has 2 aromatic carbocycles. The Kier molecular flexibility index (Phi) is 2.89. The smallest absolute Gasteiger partial charge is 0.119 e. The molecular weight excluding hydrogens is 262 g/mol. The fourth-order valence-corrected chi connectivity index (χ4v) is 2.35. The lowest BCUT2D eigenvalue weighted by molar-refractivity contribution is 0.415. The fraction of sp³-hybridized carbons (Fsp3) is 0.0714. The number of nitrogens with two attached hydrogens (primary N) is 1. The standard InChI is InChI=1S/C14H12ClN3O/c1-19-9-3-5-12-11(7-9)14(18-16)10-4-2-8(15)6-13(10)17-12/h2-7H,16H2,1H3,(H,17,18). The lowest BCUT2D eigenvalue weighted by Crippen LogP contribution is -2.08. The van der Waals surface area contributed by atoms with Crippen LogP contribution in [0.4, 0.5) is 5.69 Å². The number of methoxy groups -OCH3 is 1. The minimum atomic E-state index is 0.649. The molecule has 19 heavy (non-hydrogen) atoms. The van der Waals surface area contributed by atoms with E-state index in [0.29, 0.717) is 5.02 Å². The van der Waals surface area contributed by atoms with Crippen LogP contribution in [-0.4, -0.2) is 12.1 Å². The van der Waals surface area contributed by atoms with Crippen LogP contribution >= 0.6 is 11.6 Å². The van der Waals surface area contributed by atoms with Crippen LogP contribution in [0, 0.1) is 0 Å². The number of ether oxygens (including phenoxy) is 1. The Morgan fingerprint density at radius 1 is 1.11 bits per heavy atom. The second-order valence-electron chi connectivity index (χ2n) is 4.18. The molecule has 0 amide bonds. The quantitative estimate of drug-likeness (QED) is 0.427. The van der Waals surface area contributed by atoms with E-state index in [-0.39, 0.29) is 0 Å². The van der Waals surface area contributed by atoms with E-state index < -0.39 is 0 Å². The van der Waals surface area contributed by atoms with E-state index in [2.05, 4.69) is 10.4 Å². The Morgan fingerprint density at radius 2 is 1.95 bits per heavy atom. The molecule has 3 rings (SSSR count). The molecule has 4 nitrogen and oxygen atoms in total. The number of nitrogens with zero attached hydrogens (tertiary/aromatic N) is 1. The molecule has 3 aromatic rings. The number of hydrogen-bond acceptors (Lipinski definition) is 4. The van der Waals surface area contributed by atoms with E-state index in [1.54, 1.807) is 7.11 Å². The molecule has 0 aliphatic rings. The highest BCUT2D eigenvalue weighted by atomic mass is 35.5. The lowest BCUT2D eigenvalue weighted by atomic mass is 10.1. The number of fused-ring (bicyclic) bond motifs is 2. The molecule has 0 aliphatic carbocycles. The van der Waals surface area contributed by atoms with Crippen molar-refractivity contribution in [2.24, 2.45) is 5.84 Å². The van der Waals surface area contributed by atoms with Gasteiger partial charge >= 0.3 is 0 Å². The Balaban J connectivity index is 2.45. The number of aromatic nitrogens is 1. The summed E-state index contributed by atoms with van der Waals surface area (Å²) in [5.41, 5.74) is 5.20. The Labute approximate surface area is 115 Å². The predicted molar refractivity (Wildman–Crippen MR) is 78.6 cm³/mol. The van der Waals surface area contributed by atoms with Gasteiger partial charge in [-0.05, 0) is 36.4 Å². The monoisotopic (exact) mass is 273 g/mol. The third-order valence-electron chi connectivity index (χ3n) is 3.09. The van der Waals surface area contributed by atoms with Crippen molar-refractivity contribution in [3.8, 4) is 5.75 Å². The second kappa shape index (κ2) is 4.57. The van der Waals surface area contributed by atoms with Gasteiger partial charge in [-0.2, -0.15) is 0 Å². The first kappa shape index (κ1) is 12.0. The predicted octanol–water partition coefficient (Wildman–Crippen LogP) is 3.34. The maximum Gasteiger partial charge on any atom is 0.119 e. The van der Waals surface area contributed by atoms with Gasteiger partial charge in [0.2, 0.25) is 0 Å². The highest BCUT2D eigenvalue weighted by Crippen LogP contribution is 2.33. The van der Waals surface area contributed by atoms with E-state index in [4.69, 9.17) is 22.2 Å². The van der Waals surface area contributed by atoms with Gasteiger partial charge in [-0.1, -0.05) is 11.6 Å². The third-order valence-corrected chi connectivity index (χ3v) is 3.32. The summed E-state index contributed by atoms with van der Waals surface area (Å²) in [5.74, 6) is 6.42. The number of halogens is 1. The number of hydrazine groups is 1. The van der Waals surface area contributed by atoms with Crippen molar-refractivity contribution in [1.29, 1.82) is 0 Å². The molecule has 1 aromatic heterocycles. The SMILES string of the molecule is COc1ccc2nc3cc(Cl)ccc3c(NN)c2c1. The Morgan fingerprint density at radius 3 is 2.68 bits per heavy atom. The van der Waals surface area contributed by atoms with Crippen molar-refractivity contribution in [3.05, 3.63) is 41.4 Å². The van der Waals surface area contributed by atoms with Gasteiger partial charge in [0.05, 0.1) is 23.8 Å². The molecule has 0 fully saturated rings. The van der Waals surface area contributed by atoms with Gasteiger partial charge in [-0.3, -0.25) is 5.84 Å². The molecule has 0 atom stereocenters. The fourth-order valence-electron chi connectivity index (χ4n) is 2.18. The summed E-state index contributed by atoms with van der Waals surface area (Å²) in [5, 5.41) is 2.49. The third kappa shape index (κ3) is 1.95. The van der Waals surface area contributed by atoms with Gasteiger partial charge in [0.15, 0.2) is 0 Å². The van der Waals surface area contributed by atoms with Crippen LogP contribution in [0.2, 0.25) is 5.02 Å². The number of nitrogens with one attached hydrogen (secondary N) is 1. The first-order chi connectivity index (χ1) is 9.22. The zero-order chi connectivity index (χ0) is 13.4. The van der Waals surface area contributed by atoms with Crippen LogP contribution in [0.5, 0.6) is 5.75 Å². The molecule has 0 unspecified atom stereocenters. The first-order valence-corrected chi connectivity index (χ1v) is 6.14. The normalized spacial score (nSPS) is 10.9. The number of benzene rings is 2. The summed E-state index contributed by atoms with van der Waals surface area (Å²) in [4.78, 5) is 4.59. The minimum absolute atomic E-state index is 0.649. The van der Waals surface area contributed by atoms with E-state index in [1.807, 2.05) is 36.4 Å². The Hall–Kier alpha value is -2.04. The van der Waals surface area contributed by atoms with Crippen molar-refractivity contribution in [2.45, 2.75) is 0 Å². The second-order valence-corrected chi connectivity index (χ2v) is 4.61. The van der Waals surface area contributed by atoms with Crippen LogP contribution in [0.3, 0.4) is 0 Å². The van der Waals surface area contributed by atoms with E-state index >= 15 is 0 Å². The molecular formula is C14H12ClN3O. The number of pyridine rings is 1. The van der Waals surface area contributed by atoms with E-state index in [1.165, 1.54) is 0 Å². The summed E-state index contributed by atoms with van der Waals surface area (Å²) in [6.07, 6.45) is 0. The van der Waals surface area contributed by atoms with Gasteiger partial charge in [0, 0.05) is 15.8 Å². The maximum atomic E-state index is 6.00. The minimum Gasteiger partial charge on any atom is -0.497 e. The van der Waals surface area contributed by atoms with Crippen molar-refractivity contribution in [2.75, 3.05) is 12.5 Å². The summed E-state index contributed by atoms with van der Waals surface area (Å²) in [6.45, 7) is 0. The summed E-state index contributed by atoms with van der Waals surface area (Å²) in [7, 11) is 1.63. The van der Waals surface area contributed by atoms with Crippen LogP contribution in [0.25, 0.3) is 21.8 Å². The average molecular weight is 274 g/mol. The summed E-state index contributed by atoms with van der Waals surface area (Å²) >= 11 is 6.00. The van der Waals surface area contributed by atoms with Crippen LogP contribution in [0.15, 0.2) is 36.4 Å². The van der Waals surface area contributed by atoms with Crippen molar-refractivity contribution in [3.63, 3.8) is 0 Å². The molecule has 0 saturated carbocycles. The van der Waals surface area contributed by atoms with Crippen molar-refractivity contribution in [1.82, 2.24) is 4.98 Å². The van der Waals surface area contributed by atoms with Crippen LogP contribution in [0.1, 0.15) is 0 Å². The van der Waals surface area contributed by atoms with Gasteiger partial charge in [-0.25, -0.2) is 4.98 Å². The molecule has 0 spiro atoms. The first-order valence-electron chi connectivity index (χ1n) is 5.76. The Bertz CT molecular complexity index is 773. The van der Waals surface area contributed by atoms with Crippen LogP contribution < -0.4 is 16.0 Å². The topological polar surface area (TPSA) is 60.2 Å². The maximum absolute atomic E-state index is 6.00. The van der Waals surface area contributed by atoms with Crippen molar-refractivity contribution >= 4 is 39.1 Å². The van der Waals surface area contributed by atoms with Crippen molar-refractivity contribution < 1.29 is 4.74 Å². The van der Waals surface area contributed by atoms with E-state index in [9.17, 15) is 0 Å². The largest absolute Gasteiger partial charge is 0.497 e. The molecule has 1 heterocycles. The molecule has 0 aliphatic heterocycles. The number of nitrogen functional groups attached to an aromatic ring is 1. The van der Waals surface area contributed by atoms with Crippen LogP contribution in [-0.2, 0) is 0 Å². The zero-order valence-corrected chi connectivity index (χ0v) is 11.0. The molecule has 5 heteroatoms. The number of anilines is 1. The van der Waals surface area contributed by atoms with Gasteiger partial charge in [0.1, 0.15) is 5.75 Å². The highest BCUT2D eigenvalue weighted by Gasteiger charge is 2.09. The summed E-state index contributed by atoms with van der Waals surface area (Å²) in [6, 6.07) is 11.2. The van der Waals surface area contributed by atoms with Gasteiger partial charge < -0.3 is 10.2 Å². The molecule has 0 saturated heterocycles. The molecule has 0 bridgehead atoms. The highest BCUT2D eigenvalue weighted by molar-refractivity contribution is 6.31. The number of hydrogen-bond donors (Lipinski definition) is 2. The van der Waals surface area contributed by atoms with Gasteiger partial charge in [-0.15, -0.1) is 0 Å². The molecule has 96 valence electrons. The molecule has 3 N–H and O–H groups in total. The zero-order valence-electron chi connectivity index (χ0n) is 10.3. The number of rotatable bonds is 2.